The second-order valence-corrected chi connectivity index (χ2v) is 4.14. The van der Waals surface area contributed by atoms with Crippen LogP contribution < -0.4 is 10.1 Å². The molecule has 0 saturated heterocycles. The number of methoxy groups -OCH3 is 1. The highest BCUT2D eigenvalue weighted by Gasteiger charge is 2.17. The van der Waals surface area contributed by atoms with Crippen LogP contribution >= 0.6 is 0 Å². The van der Waals surface area contributed by atoms with Crippen LogP contribution in [0.25, 0.3) is 0 Å². The van der Waals surface area contributed by atoms with Gasteiger partial charge in [0.05, 0.1) is 12.0 Å². The van der Waals surface area contributed by atoms with Gasteiger partial charge >= 0.3 is 5.69 Å². The quantitative estimate of drug-likeness (QED) is 0.591. The van der Waals surface area contributed by atoms with E-state index >= 15 is 0 Å². The molecule has 7 nitrogen and oxygen atoms in total. The maximum absolute atomic E-state index is 11.8. The number of hydrogen-bond acceptors (Lipinski definition) is 5. The first-order valence-corrected chi connectivity index (χ1v) is 5.71. The Morgan fingerprint density at radius 2 is 2.26 bits per heavy atom. The molecule has 2 N–H and O–H groups in total. The van der Waals surface area contributed by atoms with Crippen molar-refractivity contribution in [1.82, 2.24) is 5.32 Å². The topological polar surface area (TPSA) is 102 Å². The molecule has 0 aliphatic carbocycles. The number of hydrogen-bond donors (Lipinski definition) is 2. The van der Waals surface area contributed by atoms with Gasteiger partial charge in [-0.15, -0.1) is 0 Å². The number of ether oxygens (including phenoxy) is 1. The number of nitrogens with zero attached hydrogens (tertiary/aromatic N) is 1. The summed E-state index contributed by atoms with van der Waals surface area (Å²) in [5, 5.41) is 22.2. The van der Waals surface area contributed by atoms with Crippen molar-refractivity contribution < 1.29 is 19.6 Å². The van der Waals surface area contributed by atoms with E-state index in [1.807, 2.05) is 0 Å². The molecule has 0 bridgehead atoms. The number of nitro groups is 1. The van der Waals surface area contributed by atoms with Gasteiger partial charge in [-0.1, -0.05) is 6.92 Å². The third-order valence-electron chi connectivity index (χ3n) is 2.56. The first-order chi connectivity index (χ1) is 8.99. The Bertz CT molecular complexity index is 475. The standard InChI is InChI=1S/C12H16N2O5/c1-8(7-15)6-13-12(16)9-3-4-10(14(17)18)11(5-9)19-2/h3-5,8,15H,6-7H2,1-2H3,(H,13,16). The Kier molecular flexibility index (Phi) is 5.25. The highest BCUT2D eigenvalue weighted by atomic mass is 16.6. The number of aliphatic hydroxyl groups is 1. The predicted molar refractivity (Wildman–Crippen MR) is 68.2 cm³/mol. The molecular formula is C12H16N2O5. The van der Waals surface area contributed by atoms with Crippen molar-refractivity contribution >= 4 is 11.6 Å². The second kappa shape index (κ2) is 6.69. The molecular weight excluding hydrogens is 252 g/mol. The minimum Gasteiger partial charge on any atom is -0.490 e. The van der Waals surface area contributed by atoms with Crippen molar-refractivity contribution in [3.8, 4) is 5.75 Å². The summed E-state index contributed by atoms with van der Waals surface area (Å²) in [5.74, 6) is -0.384. The van der Waals surface area contributed by atoms with Crippen molar-refractivity contribution in [2.75, 3.05) is 20.3 Å². The van der Waals surface area contributed by atoms with Gasteiger partial charge in [0.25, 0.3) is 5.91 Å². The summed E-state index contributed by atoms with van der Waals surface area (Å²) in [6, 6.07) is 3.90. The Hall–Kier alpha value is -2.15. The van der Waals surface area contributed by atoms with E-state index in [0.717, 1.165) is 0 Å². The molecule has 1 unspecified atom stereocenters. The smallest absolute Gasteiger partial charge is 0.310 e. The maximum Gasteiger partial charge on any atom is 0.310 e. The van der Waals surface area contributed by atoms with Crippen LogP contribution in [0.2, 0.25) is 0 Å². The van der Waals surface area contributed by atoms with Crippen molar-refractivity contribution in [3.63, 3.8) is 0 Å². The normalized spacial score (nSPS) is 11.7. The van der Waals surface area contributed by atoms with Crippen LogP contribution in [-0.2, 0) is 0 Å². The maximum atomic E-state index is 11.8. The second-order valence-electron chi connectivity index (χ2n) is 4.14. The molecule has 1 aromatic rings. The van der Waals surface area contributed by atoms with Crippen LogP contribution in [0.3, 0.4) is 0 Å². The average Bonchev–Trinajstić information content (AvgIpc) is 2.43. The number of nitro benzene ring substituents is 1. The van der Waals surface area contributed by atoms with Crippen molar-refractivity contribution in [2.45, 2.75) is 6.92 Å². The number of carbonyl (C=O) groups excluding carboxylic acids is 1. The molecule has 7 heteroatoms. The molecule has 0 aliphatic heterocycles. The molecule has 0 fully saturated rings. The summed E-state index contributed by atoms with van der Waals surface area (Å²) >= 11 is 0. The van der Waals surface area contributed by atoms with E-state index in [0.29, 0.717) is 6.54 Å². The Labute approximate surface area is 110 Å². The van der Waals surface area contributed by atoms with Crippen molar-refractivity contribution in [3.05, 3.63) is 33.9 Å². The number of carbonyl (C=O) groups is 1. The third kappa shape index (κ3) is 3.92. The van der Waals surface area contributed by atoms with E-state index < -0.39 is 4.92 Å². The summed E-state index contributed by atoms with van der Waals surface area (Å²) in [5.41, 5.74) is 0.0790. The van der Waals surface area contributed by atoms with Gasteiger partial charge in [0.1, 0.15) is 0 Å². The van der Waals surface area contributed by atoms with E-state index in [1.165, 1.54) is 25.3 Å². The molecule has 104 valence electrons. The monoisotopic (exact) mass is 268 g/mol. The molecule has 0 spiro atoms. The van der Waals surface area contributed by atoms with Gasteiger partial charge in [-0.25, -0.2) is 0 Å². The first-order valence-electron chi connectivity index (χ1n) is 5.71. The summed E-state index contributed by atoms with van der Waals surface area (Å²) < 4.78 is 4.88. The van der Waals surface area contributed by atoms with Crippen LogP contribution in [0.4, 0.5) is 5.69 Å². The number of benzene rings is 1. The molecule has 1 amide bonds. The fourth-order valence-corrected chi connectivity index (χ4v) is 1.40. The first kappa shape index (κ1) is 14.9. The molecule has 1 aromatic carbocycles. The lowest BCUT2D eigenvalue weighted by Crippen LogP contribution is -2.29. The fraction of sp³-hybridized carbons (Fsp3) is 0.417. The van der Waals surface area contributed by atoms with Crippen molar-refractivity contribution in [1.29, 1.82) is 0 Å². The van der Waals surface area contributed by atoms with Crippen LogP contribution in [0.15, 0.2) is 18.2 Å². The predicted octanol–water partition coefficient (Wildman–Crippen LogP) is 0.962. The molecule has 0 saturated carbocycles. The van der Waals surface area contributed by atoms with E-state index in [1.54, 1.807) is 6.92 Å². The minimum atomic E-state index is -0.575. The van der Waals surface area contributed by atoms with Crippen LogP contribution in [-0.4, -0.2) is 36.2 Å². The molecule has 1 rings (SSSR count). The Morgan fingerprint density at radius 1 is 1.58 bits per heavy atom. The Morgan fingerprint density at radius 3 is 2.79 bits per heavy atom. The summed E-state index contributed by atoms with van der Waals surface area (Å²) in [4.78, 5) is 21.9. The van der Waals surface area contributed by atoms with Crippen LogP contribution in [0.5, 0.6) is 5.75 Å². The average molecular weight is 268 g/mol. The highest BCUT2D eigenvalue weighted by molar-refractivity contribution is 5.95. The van der Waals surface area contributed by atoms with Gasteiger partial charge in [-0.2, -0.15) is 0 Å². The van der Waals surface area contributed by atoms with E-state index in [9.17, 15) is 14.9 Å². The third-order valence-corrected chi connectivity index (χ3v) is 2.56. The van der Waals surface area contributed by atoms with Gasteiger partial charge in [-0.05, 0) is 12.0 Å². The lowest BCUT2D eigenvalue weighted by molar-refractivity contribution is -0.385. The van der Waals surface area contributed by atoms with Gasteiger partial charge in [0.2, 0.25) is 0 Å². The lowest BCUT2D eigenvalue weighted by atomic mass is 10.1. The lowest BCUT2D eigenvalue weighted by Gasteiger charge is -2.10. The van der Waals surface area contributed by atoms with E-state index in [4.69, 9.17) is 9.84 Å². The summed E-state index contributed by atoms with van der Waals surface area (Å²) in [6.07, 6.45) is 0. The summed E-state index contributed by atoms with van der Waals surface area (Å²) in [7, 11) is 1.30. The fourth-order valence-electron chi connectivity index (χ4n) is 1.40. The zero-order chi connectivity index (χ0) is 14.4. The minimum absolute atomic E-state index is 0.0239. The van der Waals surface area contributed by atoms with Crippen molar-refractivity contribution in [2.24, 2.45) is 5.92 Å². The van der Waals surface area contributed by atoms with Gasteiger partial charge in [-0.3, -0.25) is 14.9 Å². The summed E-state index contributed by atoms with van der Waals surface area (Å²) in [6.45, 7) is 2.09. The van der Waals surface area contributed by atoms with Crippen LogP contribution in [0, 0.1) is 16.0 Å². The Balaban J connectivity index is 2.84. The molecule has 1 atom stereocenters. The van der Waals surface area contributed by atoms with Crippen LogP contribution in [0.1, 0.15) is 17.3 Å². The number of nitrogens with one attached hydrogen (secondary N) is 1. The van der Waals surface area contributed by atoms with E-state index in [2.05, 4.69) is 5.32 Å². The molecule has 0 heterocycles. The van der Waals surface area contributed by atoms with Gasteiger partial charge < -0.3 is 15.2 Å². The SMILES string of the molecule is COc1cc(C(=O)NCC(C)CO)ccc1[N+](=O)[O-]. The molecule has 19 heavy (non-hydrogen) atoms. The molecule has 0 aromatic heterocycles. The largest absolute Gasteiger partial charge is 0.490 e. The number of amides is 1. The van der Waals surface area contributed by atoms with Gasteiger partial charge in [0, 0.05) is 30.8 Å². The van der Waals surface area contributed by atoms with Gasteiger partial charge in [0.15, 0.2) is 5.75 Å². The zero-order valence-electron chi connectivity index (χ0n) is 10.8. The number of aliphatic hydroxyl groups excluding tert-OH is 1. The zero-order valence-corrected chi connectivity index (χ0v) is 10.8. The number of rotatable bonds is 6. The highest BCUT2D eigenvalue weighted by Crippen LogP contribution is 2.27. The van der Waals surface area contributed by atoms with E-state index in [-0.39, 0.29) is 35.4 Å². The molecule has 0 radical (unpaired) electrons. The molecule has 0 aliphatic rings.